The molecule has 0 amide bonds. The van der Waals surface area contributed by atoms with Crippen molar-refractivity contribution in [3.63, 3.8) is 0 Å². The minimum absolute atomic E-state index is 0.387. The summed E-state index contributed by atoms with van der Waals surface area (Å²) in [6, 6.07) is 36.9. The van der Waals surface area contributed by atoms with Gasteiger partial charge in [-0.25, -0.2) is 0 Å². The third kappa shape index (κ3) is 4.65. The van der Waals surface area contributed by atoms with Crippen LogP contribution in [-0.4, -0.2) is 22.5 Å². The van der Waals surface area contributed by atoms with Gasteiger partial charge in [0.25, 0.3) is 0 Å². The third-order valence-electron chi connectivity index (χ3n) is 5.60. The summed E-state index contributed by atoms with van der Waals surface area (Å²) in [5.41, 5.74) is 1.33. The first-order chi connectivity index (χ1) is 15.4. The molecule has 0 aliphatic carbocycles. The number of nitrogens with zero attached hydrogens (tertiary/aromatic N) is 2. The van der Waals surface area contributed by atoms with E-state index in [2.05, 4.69) is 132 Å². The van der Waals surface area contributed by atoms with Crippen molar-refractivity contribution in [2.45, 2.75) is 6.54 Å². The van der Waals surface area contributed by atoms with Gasteiger partial charge >= 0.3 is 0 Å². The van der Waals surface area contributed by atoms with Crippen molar-refractivity contribution in [1.82, 2.24) is 9.80 Å². The molecule has 1 heterocycles. The van der Waals surface area contributed by atoms with E-state index in [9.17, 15) is 0 Å². The molecule has 31 heavy (non-hydrogen) atoms. The molecular formula is C28H25N2P. The Bertz CT molecular complexity index is 1110. The Morgan fingerprint density at radius 2 is 1.23 bits per heavy atom. The average Bonchev–Trinajstić information content (AvgIpc) is 3.28. The number of hydrogen-bond acceptors (Lipinski definition) is 2. The van der Waals surface area contributed by atoms with Gasteiger partial charge in [0, 0.05) is 25.5 Å². The van der Waals surface area contributed by atoms with E-state index in [0.717, 1.165) is 19.3 Å². The summed E-state index contributed by atoms with van der Waals surface area (Å²) in [5.74, 6) is 0. The third-order valence-corrected chi connectivity index (χ3v) is 8.09. The fourth-order valence-corrected chi connectivity index (χ4v) is 6.34. The quantitative estimate of drug-likeness (QED) is 0.361. The number of rotatable bonds is 7. The standard InChI is InChI=1S/C28H25N2P/c1-3-13-26(14-4-1)31(27-15-5-2-6-16-27)21-20-29-18-19-30(23-29)22-25-12-9-11-24-10-7-8-17-28(24)25/h1-19H,20-22H2. The van der Waals surface area contributed by atoms with E-state index in [-0.39, 0.29) is 7.92 Å². The predicted molar refractivity (Wildman–Crippen MR) is 133 cm³/mol. The summed E-state index contributed by atoms with van der Waals surface area (Å²) in [6.07, 6.45) is 5.38. The second-order valence-corrected chi connectivity index (χ2v) is 10.0. The highest BCUT2D eigenvalue weighted by Gasteiger charge is 2.19. The zero-order valence-corrected chi connectivity index (χ0v) is 18.3. The van der Waals surface area contributed by atoms with Crippen LogP contribution < -0.4 is 10.6 Å². The topological polar surface area (TPSA) is 6.48 Å². The zero-order valence-electron chi connectivity index (χ0n) is 17.4. The Morgan fingerprint density at radius 3 is 1.97 bits per heavy atom. The molecule has 0 unspecified atom stereocenters. The van der Waals surface area contributed by atoms with E-state index in [1.54, 1.807) is 0 Å². The first-order valence-corrected chi connectivity index (χ1v) is 12.2. The van der Waals surface area contributed by atoms with Crippen molar-refractivity contribution in [2.75, 3.05) is 12.7 Å². The van der Waals surface area contributed by atoms with Crippen LogP contribution >= 0.6 is 7.92 Å². The van der Waals surface area contributed by atoms with Crippen LogP contribution in [0.1, 0.15) is 5.56 Å². The molecule has 0 spiro atoms. The SMILES string of the molecule is [C]1N(CCP(c2ccccc2)c2ccccc2)C=CN1Cc1cccc2ccccc12. The molecule has 0 saturated carbocycles. The molecular weight excluding hydrogens is 395 g/mol. The first-order valence-electron chi connectivity index (χ1n) is 10.7. The van der Waals surface area contributed by atoms with Crippen molar-refractivity contribution in [1.29, 1.82) is 0 Å². The maximum absolute atomic E-state index is 3.53. The van der Waals surface area contributed by atoms with Crippen LogP contribution in [0.25, 0.3) is 10.8 Å². The zero-order chi connectivity index (χ0) is 20.9. The van der Waals surface area contributed by atoms with Crippen molar-refractivity contribution in [3.05, 3.63) is 128 Å². The van der Waals surface area contributed by atoms with Gasteiger partial charge in [0.2, 0.25) is 6.67 Å². The van der Waals surface area contributed by atoms with E-state index in [0.29, 0.717) is 0 Å². The van der Waals surface area contributed by atoms with Crippen molar-refractivity contribution < 1.29 is 0 Å². The Hall–Kier alpha value is -3.09. The lowest BCUT2D eigenvalue weighted by Crippen LogP contribution is -2.24. The van der Waals surface area contributed by atoms with E-state index in [4.69, 9.17) is 0 Å². The minimum atomic E-state index is -0.387. The summed E-state index contributed by atoms with van der Waals surface area (Å²) >= 11 is 0. The molecule has 152 valence electrons. The summed E-state index contributed by atoms with van der Waals surface area (Å²) in [4.78, 5) is 4.36. The van der Waals surface area contributed by atoms with Crippen LogP contribution in [0, 0.1) is 6.67 Å². The van der Waals surface area contributed by atoms with Gasteiger partial charge in [-0.05, 0) is 41.0 Å². The van der Waals surface area contributed by atoms with Gasteiger partial charge in [-0.15, -0.1) is 0 Å². The Balaban J connectivity index is 1.25. The second-order valence-electron chi connectivity index (χ2n) is 7.68. The van der Waals surface area contributed by atoms with Crippen LogP contribution in [0.3, 0.4) is 0 Å². The van der Waals surface area contributed by atoms with Gasteiger partial charge in [0.15, 0.2) is 0 Å². The molecule has 0 fully saturated rings. The van der Waals surface area contributed by atoms with Gasteiger partial charge in [0.05, 0.1) is 0 Å². The summed E-state index contributed by atoms with van der Waals surface area (Å²) in [6.45, 7) is 5.32. The van der Waals surface area contributed by atoms with Crippen LogP contribution in [-0.2, 0) is 6.54 Å². The van der Waals surface area contributed by atoms with E-state index < -0.39 is 0 Å². The average molecular weight is 420 g/mol. The van der Waals surface area contributed by atoms with Gasteiger partial charge in [-0.2, -0.15) is 0 Å². The lowest BCUT2D eigenvalue weighted by atomic mass is 10.0. The Kier molecular flexibility index (Phi) is 6.00. The molecule has 1 aliphatic rings. The molecule has 2 radical (unpaired) electrons. The maximum Gasteiger partial charge on any atom is 0.208 e. The molecule has 3 heteroatoms. The van der Waals surface area contributed by atoms with Gasteiger partial charge in [0.1, 0.15) is 0 Å². The molecule has 0 bridgehead atoms. The van der Waals surface area contributed by atoms with Crippen molar-refractivity contribution in [3.8, 4) is 0 Å². The van der Waals surface area contributed by atoms with E-state index in [1.807, 2.05) is 0 Å². The second kappa shape index (κ2) is 9.37. The lowest BCUT2D eigenvalue weighted by molar-refractivity contribution is 0.351. The predicted octanol–water partition coefficient (Wildman–Crippen LogP) is 5.56. The molecule has 0 atom stereocenters. The highest BCUT2D eigenvalue weighted by Crippen LogP contribution is 2.34. The number of fused-ring (bicyclic) bond motifs is 1. The number of benzene rings is 4. The lowest BCUT2D eigenvalue weighted by Gasteiger charge is -2.23. The molecule has 4 aromatic rings. The van der Waals surface area contributed by atoms with Crippen LogP contribution in [0.5, 0.6) is 0 Å². The molecule has 1 aliphatic heterocycles. The van der Waals surface area contributed by atoms with Crippen LogP contribution in [0.2, 0.25) is 0 Å². The Morgan fingerprint density at radius 1 is 0.613 bits per heavy atom. The largest absolute Gasteiger partial charge is 0.346 e. The van der Waals surface area contributed by atoms with Crippen molar-refractivity contribution >= 4 is 29.3 Å². The highest BCUT2D eigenvalue weighted by molar-refractivity contribution is 7.73. The summed E-state index contributed by atoms with van der Waals surface area (Å²) in [7, 11) is -0.387. The molecule has 2 nitrogen and oxygen atoms in total. The highest BCUT2D eigenvalue weighted by atomic mass is 31.1. The summed E-state index contributed by atoms with van der Waals surface area (Å²) in [5, 5.41) is 5.46. The maximum atomic E-state index is 3.53. The molecule has 4 aromatic carbocycles. The number of hydrogen-bond donors (Lipinski definition) is 0. The monoisotopic (exact) mass is 420 g/mol. The fraction of sp³-hybridized carbons (Fsp3) is 0.107. The molecule has 0 N–H and O–H groups in total. The van der Waals surface area contributed by atoms with Gasteiger partial charge in [-0.1, -0.05) is 103 Å². The van der Waals surface area contributed by atoms with Crippen LogP contribution in [0.15, 0.2) is 116 Å². The first kappa shape index (κ1) is 19.8. The minimum Gasteiger partial charge on any atom is -0.346 e. The molecule has 0 aromatic heterocycles. The van der Waals surface area contributed by atoms with Gasteiger partial charge < -0.3 is 9.80 Å². The van der Waals surface area contributed by atoms with Crippen LogP contribution in [0.4, 0.5) is 0 Å². The summed E-state index contributed by atoms with van der Waals surface area (Å²) < 4.78 is 0. The molecule has 5 rings (SSSR count). The van der Waals surface area contributed by atoms with Gasteiger partial charge in [-0.3, -0.25) is 0 Å². The Labute approximate surface area is 186 Å². The molecule has 0 saturated heterocycles. The normalized spacial score (nSPS) is 13.5. The fourth-order valence-electron chi connectivity index (χ4n) is 4.05. The van der Waals surface area contributed by atoms with Crippen molar-refractivity contribution in [2.24, 2.45) is 0 Å². The smallest absolute Gasteiger partial charge is 0.208 e. The van der Waals surface area contributed by atoms with E-state index >= 15 is 0 Å². The van der Waals surface area contributed by atoms with E-state index in [1.165, 1.54) is 26.9 Å².